The lowest BCUT2D eigenvalue weighted by atomic mass is 10.1. The second-order valence-corrected chi connectivity index (χ2v) is 6.20. The van der Waals surface area contributed by atoms with Crippen LogP contribution in [0.1, 0.15) is 28.0 Å². The lowest BCUT2D eigenvalue weighted by Gasteiger charge is -2.16. The van der Waals surface area contributed by atoms with Gasteiger partial charge in [-0.1, -0.05) is 23.7 Å². The largest absolute Gasteiger partial charge is 0.397 e. The Balaban J connectivity index is 2.31. The number of hydrogen-bond donors (Lipinski definition) is 1. The van der Waals surface area contributed by atoms with Crippen molar-refractivity contribution in [3.8, 4) is 0 Å². The monoisotopic (exact) mass is 307 g/mol. The SMILES string of the molecule is CSC(Cc1cccc(Cl)c1N)c1nc(C)cc(C)n1. The lowest BCUT2D eigenvalue weighted by Crippen LogP contribution is -2.08. The summed E-state index contributed by atoms with van der Waals surface area (Å²) in [6, 6.07) is 7.72. The first-order valence-corrected chi connectivity index (χ1v) is 8.05. The van der Waals surface area contributed by atoms with Gasteiger partial charge in [0, 0.05) is 11.4 Å². The molecule has 2 N–H and O–H groups in total. The number of anilines is 1. The summed E-state index contributed by atoms with van der Waals surface area (Å²) < 4.78 is 0. The van der Waals surface area contributed by atoms with Gasteiger partial charge in [0.2, 0.25) is 0 Å². The molecule has 2 rings (SSSR count). The van der Waals surface area contributed by atoms with Gasteiger partial charge in [-0.2, -0.15) is 11.8 Å². The smallest absolute Gasteiger partial charge is 0.142 e. The molecular weight excluding hydrogens is 290 g/mol. The van der Waals surface area contributed by atoms with Gasteiger partial charge in [-0.15, -0.1) is 0 Å². The van der Waals surface area contributed by atoms with Crippen molar-refractivity contribution in [1.82, 2.24) is 9.97 Å². The Morgan fingerprint density at radius 2 is 1.90 bits per heavy atom. The van der Waals surface area contributed by atoms with Crippen LogP contribution in [-0.2, 0) is 6.42 Å². The second-order valence-electron chi connectivity index (χ2n) is 4.75. The molecule has 0 radical (unpaired) electrons. The van der Waals surface area contributed by atoms with Crippen LogP contribution in [0.25, 0.3) is 0 Å². The fourth-order valence-electron chi connectivity index (χ4n) is 2.14. The van der Waals surface area contributed by atoms with E-state index in [1.54, 1.807) is 11.8 Å². The standard InChI is InChI=1S/C15H18ClN3S/c1-9-7-10(2)19-15(18-9)13(20-3)8-11-5-4-6-12(16)14(11)17/h4-7,13H,8,17H2,1-3H3. The topological polar surface area (TPSA) is 51.8 Å². The van der Waals surface area contributed by atoms with Gasteiger partial charge >= 0.3 is 0 Å². The highest BCUT2D eigenvalue weighted by atomic mass is 35.5. The van der Waals surface area contributed by atoms with E-state index in [0.717, 1.165) is 29.2 Å². The Morgan fingerprint density at radius 3 is 2.50 bits per heavy atom. The van der Waals surface area contributed by atoms with E-state index in [9.17, 15) is 0 Å². The highest BCUT2D eigenvalue weighted by Crippen LogP contribution is 2.32. The molecule has 1 aromatic carbocycles. The predicted molar refractivity (Wildman–Crippen MR) is 87.3 cm³/mol. The van der Waals surface area contributed by atoms with Gasteiger partial charge in [-0.25, -0.2) is 9.97 Å². The first-order chi connectivity index (χ1) is 9.51. The van der Waals surface area contributed by atoms with E-state index in [2.05, 4.69) is 16.2 Å². The van der Waals surface area contributed by atoms with Crippen molar-refractivity contribution >= 4 is 29.1 Å². The third-order valence-electron chi connectivity index (χ3n) is 3.12. The molecule has 2 aromatic rings. The molecule has 0 fully saturated rings. The fraction of sp³-hybridized carbons (Fsp3) is 0.333. The molecule has 0 bridgehead atoms. The summed E-state index contributed by atoms with van der Waals surface area (Å²) in [7, 11) is 0. The molecule has 1 unspecified atom stereocenters. The van der Waals surface area contributed by atoms with Crippen molar-refractivity contribution in [1.29, 1.82) is 0 Å². The van der Waals surface area contributed by atoms with Crippen molar-refractivity contribution in [3.05, 3.63) is 52.1 Å². The molecule has 0 amide bonds. The maximum atomic E-state index is 6.07. The molecule has 106 valence electrons. The van der Waals surface area contributed by atoms with E-state index >= 15 is 0 Å². The predicted octanol–water partition coefficient (Wildman–Crippen LogP) is 3.98. The summed E-state index contributed by atoms with van der Waals surface area (Å²) in [6.45, 7) is 3.98. The zero-order chi connectivity index (χ0) is 14.7. The molecule has 0 aliphatic heterocycles. The summed E-state index contributed by atoms with van der Waals surface area (Å²) in [6.07, 6.45) is 2.84. The molecular formula is C15H18ClN3S. The zero-order valence-corrected chi connectivity index (χ0v) is 13.4. The van der Waals surface area contributed by atoms with Gasteiger partial charge in [0.05, 0.1) is 16.0 Å². The Kier molecular flexibility index (Phi) is 4.89. The lowest BCUT2D eigenvalue weighted by molar-refractivity contribution is 0.818. The maximum absolute atomic E-state index is 6.07. The average molecular weight is 308 g/mol. The number of nitrogen functional groups attached to an aromatic ring is 1. The van der Waals surface area contributed by atoms with E-state index < -0.39 is 0 Å². The van der Waals surface area contributed by atoms with Gasteiger partial charge in [0.1, 0.15) is 5.82 Å². The number of thioether (sulfide) groups is 1. The van der Waals surface area contributed by atoms with E-state index in [1.165, 1.54) is 0 Å². The molecule has 1 heterocycles. The van der Waals surface area contributed by atoms with E-state index in [4.69, 9.17) is 17.3 Å². The molecule has 0 saturated carbocycles. The molecule has 1 aromatic heterocycles. The van der Waals surface area contributed by atoms with Gasteiger partial charge < -0.3 is 5.73 Å². The van der Waals surface area contributed by atoms with Crippen LogP contribution in [0.3, 0.4) is 0 Å². The Bertz CT molecular complexity index is 596. The third kappa shape index (κ3) is 3.44. The highest BCUT2D eigenvalue weighted by Gasteiger charge is 2.17. The van der Waals surface area contributed by atoms with Crippen molar-refractivity contribution in [2.75, 3.05) is 12.0 Å². The summed E-state index contributed by atoms with van der Waals surface area (Å²) in [4.78, 5) is 9.10. The van der Waals surface area contributed by atoms with Gasteiger partial charge in [-0.05, 0) is 44.2 Å². The molecule has 0 saturated heterocycles. The number of benzene rings is 1. The van der Waals surface area contributed by atoms with Crippen LogP contribution in [-0.4, -0.2) is 16.2 Å². The molecule has 0 aliphatic rings. The van der Waals surface area contributed by atoms with E-state index in [0.29, 0.717) is 10.7 Å². The van der Waals surface area contributed by atoms with Crippen LogP contribution in [0, 0.1) is 13.8 Å². The summed E-state index contributed by atoms with van der Waals surface area (Å²) in [5, 5.41) is 0.776. The van der Waals surface area contributed by atoms with Gasteiger partial charge in [-0.3, -0.25) is 0 Å². The van der Waals surface area contributed by atoms with Crippen LogP contribution < -0.4 is 5.73 Å². The summed E-state index contributed by atoms with van der Waals surface area (Å²) in [5.41, 5.74) is 9.72. The zero-order valence-electron chi connectivity index (χ0n) is 11.9. The number of nitrogens with two attached hydrogens (primary N) is 1. The molecule has 3 nitrogen and oxygen atoms in total. The Hall–Kier alpha value is -1.26. The highest BCUT2D eigenvalue weighted by molar-refractivity contribution is 7.98. The Morgan fingerprint density at radius 1 is 1.25 bits per heavy atom. The fourth-order valence-corrected chi connectivity index (χ4v) is 2.99. The van der Waals surface area contributed by atoms with Crippen molar-refractivity contribution < 1.29 is 0 Å². The maximum Gasteiger partial charge on any atom is 0.142 e. The number of nitrogens with zero attached hydrogens (tertiary/aromatic N) is 2. The van der Waals surface area contributed by atoms with Crippen LogP contribution in [0.2, 0.25) is 5.02 Å². The molecule has 20 heavy (non-hydrogen) atoms. The number of hydrogen-bond acceptors (Lipinski definition) is 4. The molecule has 0 aliphatic carbocycles. The van der Waals surface area contributed by atoms with Gasteiger partial charge in [0.15, 0.2) is 0 Å². The second kappa shape index (κ2) is 6.46. The quantitative estimate of drug-likeness (QED) is 0.868. The van der Waals surface area contributed by atoms with Crippen molar-refractivity contribution in [2.45, 2.75) is 25.5 Å². The normalized spacial score (nSPS) is 12.4. The molecule has 0 spiro atoms. The van der Waals surface area contributed by atoms with E-state index in [1.807, 2.05) is 38.1 Å². The van der Waals surface area contributed by atoms with Crippen LogP contribution in [0.4, 0.5) is 5.69 Å². The third-order valence-corrected chi connectivity index (χ3v) is 4.40. The average Bonchev–Trinajstić information content (AvgIpc) is 2.39. The Labute approximate surface area is 129 Å². The first kappa shape index (κ1) is 15.1. The van der Waals surface area contributed by atoms with Gasteiger partial charge in [0.25, 0.3) is 0 Å². The minimum atomic E-state index is 0.175. The van der Waals surface area contributed by atoms with Crippen LogP contribution in [0.15, 0.2) is 24.3 Å². The van der Waals surface area contributed by atoms with Crippen LogP contribution >= 0.6 is 23.4 Å². The number of aromatic nitrogens is 2. The minimum absolute atomic E-state index is 0.175. The summed E-state index contributed by atoms with van der Waals surface area (Å²) >= 11 is 7.80. The number of rotatable bonds is 4. The minimum Gasteiger partial charge on any atom is -0.397 e. The molecule has 1 atom stereocenters. The van der Waals surface area contributed by atoms with Crippen molar-refractivity contribution in [2.24, 2.45) is 0 Å². The van der Waals surface area contributed by atoms with E-state index in [-0.39, 0.29) is 5.25 Å². The number of aryl methyl sites for hydroxylation is 2. The number of halogens is 1. The van der Waals surface area contributed by atoms with Crippen LogP contribution in [0.5, 0.6) is 0 Å². The number of para-hydroxylation sites is 1. The molecule has 5 heteroatoms. The first-order valence-electron chi connectivity index (χ1n) is 6.39. The summed E-state index contributed by atoms with van der Waals surface area (Å²) in [5.74, 6) is 0.856. The van der Waals surface area contributed by atoms with Crippen molar-refractivity contribution in [3.63, 3.8) is 0 Å².